The molecule has 0 aliphatic carbocycles. The molecule has 0 fully saturated rings. The average Bonchev–Trinajstić information content (AvgIpc) is 1.87. The molecule has 0 amide bonds. The summed E-state index contributed by atoms with van der Waals surface area (Å²) >= 11 is 0. The Hall–Kier alpha value is -1.12. The van der Waals surface area contributed by atoms with Crippen molar-refractivity contribution in [2.45, 2.75) is 0 Å². The molecular weight excluding hydrogens is 116 g/mol. The molecule has 0 bridgehead atoms. The van der Waals surface area contributed by atoms with Gasteiger partial charge in [0.05, 0.1) is 12.1 Å². The van der Waals surface area contributed by atoms with Gasteiger partial charge >= 0.3 is 0 Å². The van der Waals surface area contributed by atoms with Crippen molar-refractivity contribution in [2.24, 2.45) is 0 Å². The Morgan fingerprint density at radius 3 is 2.67 bits per heavy atom. The van der Waals surface area contributed by atoms with Crippen molar-refractivity contribution in [3.8, 4) is 0 Å². The van der Waals surface area contributed by atoms with E-state index in [9.17, 15) is 0 Å². The molecule has 3 heteroatoms. The zero-order valence-electron chi connectivity index (χ0n) is 5.76. The Morgan fingerprint density at radius 2 is 2.33 bits per heavy atom. The zero-order chi connectivity index (χ0) is 7.28. The minimum atomic E-state index is 0.736. The van der Waals surface area contributed by atoms with Gasteiger partial charge in [0.1, 0.15) is 0 Å². The smallest absolute Gasteiger partial charge is 0.0974 e. The lowest BCUT2D eigenvalue weighted by atomic mass is 10.6. The molecule has 0 saturated carbocycles. The van der Waals surface area contributed by atoms with Gasteiger partial charge in [-0.3, -0.25) is 0 Å². The number of aliphatic hydroxyl groups excluding tert-OH is 1. The van der Waals surface area contributed by atoms with Crippen molar-refractivity contribution in [1.29, 1.82) is 0 Å². The third-order valence-corrected chi connectivity index (χ3v) is 1.00. The van der Waals surface area contributed by atoms with Crippen molar-refractivity contribution in [3.05, 3.63) is 24.9 Å². The van der Waals surface area contributed by atoms with Crippen LogP contribution in [0.25, 0.3) is 0 Å². The molecule has 52 valence electrons. The van der Waals surface area contributed by atoms with Crippen LogP contribution in [0.3, 0.4) is 0 Å². The predicted molar refractivity (Wildman–Crippen MR) is 37.7 cm³/mol. The van der Waals surface area contributed by atoms with Gasteiger partial charge in [0, 0.05) is 20.3 Å². The summed E-state index contributed by atoms with van der Waals surface area (Å²) in [4.78, 5) is 1.67. The quantitative estimate of drug-likeness (QED) is 0.547. The van der Waals surface area contributed by atoms with Crippen molar-refractivity contribution in [1.82, 2.24) is 10.2 Å². The van der Waals surface area contributed by atoms with Gasteiger partial charge in [0.15, 0.2) is 0 Å². The predicted octanol–water partition coefficient (Wildman–Crippen LogP) is 0.638. The Kier molecular flexibility index (Phi) is 3.35. The molecule has 0 heterocycles. The van der Waals surface area contributed by atoms with Crippen LogP contribution < -0.4 is 5.32 Å². The maximum atomic E-state index is 8.29. The molecule has 0 aliphatic rings. The molecule has 0 unspecified atom stereocenters. The van der Waals surface area contributed by atoms with Crippen LogP contribution in [0, 0.1) is 0 Å². The number of rotatable bonds is 3. The fourth-order valence-corrected chi connectivity index (χ4v) is 0.366. The highest BCUT2D eigenvalue weighted by Gasteiger charge is 1.90. The fraction of sp³-hybridized carbons (Fsp3) is 0.333. The SMILES string of the molecule is C=C(NC)N(C)/C=C\O. The molecule has 0 radical (unpaired) electrons. The second kappa shape index (κ2) is 3.83. The standard InChI is InChI=1S/C6H12N2O/c1-6(7-2)8(3)4-5-9/h4-5,7,9H,1H2,2-3H3/b5-4-. The Bertz CT molecular complexity index is 120. The van der Waals surface area contributed by atoms with Gasteiger partial charge in [-0.25, -0.2) is 0 Å². The molecule has 0 saturated heterocycles. The summed E-state index contributed by atoms with van der Waals surface area (Å²) in [7, 11) is 3.55. The van der Waals surface area contributed by atoms with E-state index < -0.39 is 0 Å². The average molecular weight is 128 g/mol. The molecule has 0 spiro atoms. The van der Waals surface area contributed by atoms with Crippen LogP contribution in [-0.4, -0.2) is 24.1 Å². The maximum Gasteiger partial charge on any atom is 0.0974 e. The molecule has 9 heavy (non-hydrogen) atoms. The molecule has 0 aromatic carbocycles. The Balaban J connectivity index is 3.72. The molecule has 0 aromatic rings. The second-order valence-electron chi connectivity index (χ2n) is 1.61. The lowest BCUT2D eigenvalue weighted by Crippen LogP contribution is -2.19. The van der Waals surface area contributed by atoms with Gasteiger partial charge < -0.3 is 15.3 Å². The first-order chi connectivity index (χ1) is 4.22. The highest BCUT2D eigenvalue weighted by molar-refractivity contribution is 4.93. The Morgan fingerprint density at radius 1 is 1.78 bits per heavy atom. The van der Waals surface area contributed by atoms with Gasteiger partial charge in [-0.15, -0.1) is 0 Å². The van der Waals surface area contributed by atoms with E-state index in [2.05, 4.69) is 11.9 Å². The molecule has 2 N–H and O–H groups in total. The van der Waals surface area contributed by atoms with Crippen LogP contribution in [0.1, 0.15) is 0 Å². The number of nitrogens with one attached hydrogen (secondary N) is 1. The summed E-state index contributed by atoms with van der Waals surface area (Å²) in [6, 6.07) is 0. The molecule has 0 rings (SSSR count). The zero-order valence-corrected chi connectivity index (χ0v) is 5.76. The summed E-state index contributed by atoms with van der Waals surface area (Å²) in [5, 5.41) is 11.1. The van der Waals surface area contributed by atoms with Gasteiger partial charge in [0.25, 0.3) is 0 Å². The fourth-order valence-electron chi connectivity index (χ4n) is 0.366. The topological polar surface area (TPSA) is 35.5 Å². The number of aliphatic hydroxyl groups is 1. The first-order valence-corrected chi connectivity index (χ1v) is 2.62. The number of hydrogen-bond donors (Lipinski definition) is 2. The molecule has 0 aromatic heterocycles. The highest BCUT2D eigenvalue weighted by Crippen LogP contribution is 1.91. The van der Waals surface area contributed by atoms with Crippen LogP contribution in [0.15, 0.2) is 24.9 Å². The third kappa shape index (κ3) is 2.64. The van der Waals surface area contributed by atoms with E-state index in [4.69, 9.17) is 5.11 Å². The summed E-state index contributed by atoms with van der Waals surface area (Å²) in [5.41, 5.74) is 0. The van der Waals surface area contributed by atoms with E-state index in [0.717, 1.165) is 12.1 Å². The second-order valence-corrected chi connectivity index (χ2v) is 1.61. The summed E-state index contributed by atoms with van der Waals surface area (Å²) in [6.45, 7) is 3.64. The first kappa shape index (κ1) is 7.88. The van der Waals surface area contributed by atoms with Gasteiger partial charge in [0.2, 0.25) is 0 Å². The van der Waals surface area contributed by atoms with Gasteiger partial charge in [-0.1, -0.05) is 6.58 Å². The normalized spacial score (nSPS) is 9.56. The van der Waals surface area contributed by atoms with Crippen LogP contribution in [0.4, 0.5) is 0 Å². The highest BCUT2D eigenvalue weighted by atomic mass is 16.2. The van der Waals surface area contributed by atoms with Crippen molar-refractivity contribution in [3.63, 3.8) is 0 Å². The lowest BCUT2D eigenvalue weighted by molar-refractivity contribution is 0.440. The van der Waals surface area contributed by atoms with Crippen molar-refractivity contribution < 1.29 is 5.11 Å². The van der Waals surface area contributed by atoms with Crippen molar-refractivity contribution >= 4 is 0 Å². The maximum absolute atomic E-state index is 8.29. The first-order valence-electron chi connectivity index (χ1n) is 2.62. The van der Waals surface area contributed by atoms with E-state index in [1.165, 1.54) is 6.20 Å². The Labute approximate surface area is 55.3 Å². The lowest BCUT2D eigenvalue weighted by Gasteiger charge is -2.14. The van der Waals surface area contributed by atoms with E-state index in [1.54, 1.807) is 19.0 Å². The largest absolute Gasteiger partial charge is 0.514 e. The van der Waals surface area contributed by atoms with Crippen molar-refractivity contribution in [2.75, 3.05) is 14.1 Å². The number of hydrogen-bond acceptors (Lipinski definition) is 3. The summed E-state index contributed by atoms with van der Waals surface area (Å²) < 4.78 is 0. The third-order valence-electron chi connectivity index (χ3n) is 1.00. The monoisotopic (exact) mass is 128 g/mol. The van der Waals surface area contributed by atoms with Crippen LogP contribution in [0.5, 0.6) is 0 Å². The van der Waals surface area contributed by atoms with E-state index in [0.29, 0.717) is 0 Å². The van der Waals surface area contributed by atoms with Gasteiger partial charge in [-0.05, 0) is 0 Å². The van der Waals surface area contributed by atoms with E-state index in [1.807, 2.05) is 0 Å². The minimum absolute atomic E-state index is 0.736. The van der Waals surface area contributed by atoms with Crippen LogP contribution >= 0.6 is 0 Å². The summed E-state index contributed by atoms with van der Waals surface area (Å²) in [6.07, 6.45) is 2.46. The molecule has 0 aliphatic heterocycles. The van der Waals surface area contributed by atoms with Crippen LogP contribution in [-0.2, 0) is 0 Å². The van der Waals surface area contributed by atoms with Crippen LogP contribution in [0.2, 0.25) is 0 Å². The summed E-state index contributed by atoms with van der Waals surface area (Å²) in [5.74, 6) is 0.736. The minimum Gasteiger partial charge on any atom is -0.514 e. The van der Waals surface area contributed by atoms with Gasteiger partial charge in [-0.2, -0.15) is 0 Å². The molecule has 0 atom stereocenters. The molecular formula is C6H12N2O. The number of nitrogens with zero attached hydrogens (tertiary/aromatic N) is 1. The molecule has 3 nitrogen and oxygen atoms in total. The van der Waals surface area contributed by atoms with E-state index in [-0.39, 0.29) is 0 Å². The van der Waals surface area contributed by atoms with E-state index >= 15 is 0 Å².